The van der Waals surface area contributed by atoms with Gasteiger partial charge in [-0.15, -0.1) is 0 Å². The van der Waals surface area contributed by atoms with Crippen molar-refractivity contribution in [1.29, 1.82) is 0 Å². The normalized spacial score (nSPS) is 13.0. The molecule has 0 saturated carbocycles. The van der Waals surface area contributed by atoms with E-state index in [4.69, 9.17) is 4.98 Å². The summed E-state index contributed by atoms with van der Waals surface area (Å²) in [5.74, 6) is 1.29. The summed E-state index contributed by atoms with van der Waals surface area (Å²) in [5.41, 5.74) is 17.4. The minimum atomic E-state index is 0.208. The van der Waals surface area contributed by atoms with E-state index in [-0.39, 0.29) is 5.41 Å². The van der Waals surface area contributed by atoms with Crippen molar-refractivity contribution < 1.29 is 4.57 Å². The highest BCUT2D eigenvalue weighted by molar-refractivity contribution is 6.26. The van der Waals surface area contributed by atoms with Crippen molar-refractivity contribution in [3.05, 3.63) is 88.2 Å². The second kappa shape index (κ2) is 10.5. The Balaban J connectivity index is 1.72. The standard InChI is InChI=1S/C43H50N3/c1-23(2)29-17-32(24(3)4)39(33(18-29)25(5)6)30-19-35-40-37(20-30)46-36-16-28(21-43(9,10)11)13-14-31(36)34-15-26(7)27(8)38(41(34)46)42(40)45(12)22-44-35/h13-20,22-25H,21H2,1-12H3/q+1. The van der Waals surface area contributed by atoms with Crippen LogP contribution in [0.1, 0.15) is 113 Å². The summed E-state index contributed by atoms with van der Waals surface area (Å²) in [6.07, 6.45) is 3.06. The Hall–Kier alpha value is -3.98. The molecule has 0 aliphatic heterocycles. The quantitative estimate of drug-likeness (QED) is 0.108. The molecule has 0 saturated heterocycles. The highest BCUT2D eigenvalue weighted by Crippen LogP contribution is 2.45. The predicted octanol–water partition coefficient (Wildman–Crippen LogP) is 11.5. The van der Waals surface area contributed by atoms with Crippen molar-refractivity contribution >= 4 is 49.1 Å². The largest absolute Gasteiger partial charge is 0.307 e. The molecule has 0 amide bonds. The Morgan fingerprint density at radius 1 is 0.761 bits per heavy atom. The summed E-state index contributed by atoms with van der Waals surface area (Å²) in [6.45, 7) is 25.6. The third kappa shape index (κ3) is 4.61. The van der Waals surface area contributed by atoms with Crippen molar-refractivity contribution in [1.82, 2.24) is 9.38 Å². The molecule has 0 aliphatic rings. The van der Waals surface area contributed by atoms with E-state index in [1.54, 1.807) is 0 Å². The molecule has 0 N–H and O–H groups in total. The summed E-state index contributed by atoms with van der Waals surface area (Å²) in [6, 6.07) is 19.4. The van der Waals surface area contributed by atoms with Crippen molar-refractivity contribution in [2.24, 2.45) is 12.5 Å². The van der Waals surface area contributed by atoms with E-state index in [1.807, 2.05) is 6.33 Å². The van der Waals surface area contributed by atoms with Crippen molar-refractivity contribution in [3.63, 3.8) is 0 Å². The third-order valence-electron chi connectivity index (χ3n) is 10.3. The topological polar surface area (TPSA) is 21.2 Å². The molecule has 236 valence electrons. The van der Waals surface area contributed by atoms with Crippen LogP contribution >= 0.6 is 0 Å². The van der Waals surface area contributed by atoms with Gasteiger partial charge in [-0.3, -0.25) is 0 Å². The Kier molecular flexibility index (Phi) is 7.01. The molecule has 0 unspecified atom stereocenters. The molecule has 0 aliphatic carbocycles. The lowest BCUT2D eigenvalue weighted by atomic mass is 9.81. The highest BCUT2D eigenvalue weighted by Gasteiger charge is 2.27. The van der Waals surface area contributed by atoms with Gasteiger partial charge in [0.15, 0.2) is 5.52 Å². The van der Waals surface area contributed by atoms with Crippen LogP contribution in [0.2, 0.25) is 0 Å². The van der Waals surface area contributed by atoms with E-state index in [0.29, 0.717) is 17.8 Å². The number of nitrogens with zero attached hydrogens (tertiary/aromatic N) is 3. The lowest BCUT2D eigenvalue weighted by Gasteiger charge is -2.24. The van der Waals surface area contributed by atoms with E-state index in [2.05, 4.69) is 141 Å². The number of hydrogen-bond donors (Lipinski definition) is 0. The second-order valence-corrected chi connectivity index (χ2v) is 16.1. The van der Waals surface area contributed by atoms with Gasteiger partial charge in [0, 0.05) is 10.8 Å². The number of rotatable bonds is 5. The Morgan fingerprint density at radius 2 is 1.43 bits per heavy atom. The average Bonchev–Trinajstić information content (AvgIpc) is 3.29. The van der Waals surface area contributed by atoms with Crippen LogP contribution in [0, 0.1) is 19.3 Å². The van der Waals surface area contributed by atoms with E-state index in [0.717, 1.165) is 11.9 Å². The van der Waals surface area contributed by atoms with Gasteiger partial charge in [0.2, 0.25) is 0 Å². The second-order valence-electron chi connectivity index (χ2n) is 16.1. The maximum absolute atomic E-state index is 5.13. The van der Waals surface area contributed by atoms with Crippen molar-refractivity contribution in [3.8, 4) is 11.1 Å². The number of benzene rings is 4. The maximum Gasteiger partial charge on any atom is 0.287 e. The first-order valence-corrected chi connectivity index (χ1v) is 17.2. The number of aromatic nitrogens is 3. The van der Waals surface area contributed by atoms with E-state index >= 15 is 0 Å². The summed E-state index contributed by atoms with van der Waals surface area (Å²) in [4.78, 5) is 5.13. The van der Waals surface area contributed by atoms with Gasteiger partial charge in [0.05, 0.1) is 34.4 Å². The monoisotopic (exact) mass is 608 g/mol. The summed E-state index contributed by atoms with van der Waals surface area (Å²) >= 11 is 0. The lowest BCUT2D eigenvalue weighted by molar-refractivity contribution is -0.646. The van der Waals surface area contributed by atoms with Gasteiger partial charge in [-0.05, 0) is 117 Å². The molecule has 3 aromatic heterocycles. The molecular weight excluding hydrogens is 558 g/mol. The SMILES string of the molecule is Cc1cc2c3ccc(CC(C)(C)C)cc3n3c4cc(-c5c(C(C)C)cc(C(C)C)cc5C(C)C)cc5nc[n+](C)c(c(c1C)c23)c54. The van der Waals surface area contributed by atoms with Gasteiger partial charge in [-0.1, -0.05) is 86.6 Å². The van der Waals surface area contributed by atoms with Crippen LogP contribution in [0.4, 0.5) is 0 Å². The molecular formula is C43H50N3+. The van der Waals surface area contributed by atoms with Crippen LogP contribution < -0.4 is 4.57 Å². The molecule has 4 aromatic carbocycles. The molecule has 0 spiro atoms. The average molecular weight is 609 g/mol. The molecule has 46 heavy (non-hydrogen) atoms. The van der Waals surface area contributed by atoms with Crippen LogP contribution in [0.5, 0.6) is 0 Å². The zero-order valence-electron chi connectivity index (χ0n) is 30.0. The molecule has 3 nitrogen and oxygen atoms in total. The van der Waals surface area contributed by atoms with Gasteiger partial charge < -0.3 is 4.40 Å². The summed E-state index contributed by atoms with van der Waals surface area (Å²) in [7, 11) is 2.16. The molecule has 3 heterocycles. The summed E-state index contributed by atoms with van der Waals surface area (Å²) < 4.78 is 4.83. The van der Waals surface area contributed by atoms with Crippen LogP contribution in [-0.2, 0) is 13.5 Å². The first-order valence-electron chi connectivity index (χ1n) is 17.2. The number of aryl methyl sites for hydroxylation is 3. The fraction of sp³-hybridized carbons (Fsp3) is 0.395. The van der Waals surface area contributed by atoms with E-state index < -0.39 is 0 Å². The first kappa shape index (κ1) is 30.7. The first-order chi connectivity index (χ1) is 21.7. The molecule has 0 fully saturated rings. The molecule has 0 bridgehead atoms. The number of hydrogen-bond acceptors (Lipinski definition) is 1. The van der Waals surface area contributed by atoms with Gasteiger partial charge in [0.1, 0.15) is 5.52 Å². The number of pyridine rings is 1. The molecule has 3 heteroatoms. The minimum absolute atomic E-state index is 0.208. The zero-order valence-corrected chi connectivity index (χ0v) is 30.0. The van der Waals surface area contributed by atoms with Crippen LogP contribution in [0.15, 0.2) is 54.9 Å². The molecule has 0 radical (unpaired) electrons. The Morgan fingerprint density at radius 3 is 2.04 bits per heavy atom. The maximum atomic E-state index is 5.13. The Labute approximate surface area is 274 Å². The Bertz CT molecular complexity index is 2290. The highest BCUT2D eigenvalue weighted by atomic mass is 15.0. The fourth-order valence-electron chi connectivity index (χ4n) is 7.96. The van der Waals surface area contributed by atoms with E-state index in [1.165, 1.54) is 88.1 Å². The molecule has 7 aromatic rings. The van der Waals surface area contributed by atoms with Gasteiger partial charge >= 0.3 is 0 Å². The lowest BCUT2D eigenvalue weighted by Crippen LogP contribution is -2.30. The van der Waals surface area contributed by atoms with E-state index in [9.17, 15) is 0 Å². The van der Waals surface area contributed by atoms with Crippen LogP contribution in [0.25, 0.3) is 60.3 Å². The number of fused-ring (bicyclic) bond motifs is 5. The summed E-state index contributed by atoms with van der Waals surface area (Å²) in [5, 5.41) is 5.24. The third-order valence-corrected chi connectivity index (χ3v) is 10.3. The van der Waals surface area contributed by atoms with Gasteiger partial charge in [0.25, 0.3) is 6.33 Å². The molecule has 7 rings (SSSR count). The minimum Gasteiger partial charge on any atom is -0.307 e. The van der Waals surface area contributed by atoms with Crippen LogP contribution in [0.3, 0.4) is 0 Å². The predicted molar refractivity (Wildman–Crippen MR) is 198 cm³/mol. The smallest absolute Gasteiger partial charge is 0.287 e. The van der Waals surface area contributed by atoms with Crippen molar-refractivity contribution in [2.45, 2.75) is 100 Å². The van der Waals surface area contributed by atoms with Gasteiger partial charge in [-0.2, -0.15) is 0 Å². The molecule has 0 atom stereocenters. The fourth-order valence-corrected chi connectivity index (χ4v) is 7.96. The van der Waals surface area contributed by atoms with Crippen LogP contribution in [-0.4, -0.2) is 9.38 Å². The van der Waals surface area contributed by atoms with Gasteiger partial charge in [-0.25, -0.2) is 4.57 Å². The van der Waals surface area contributed by atoms with Crippen molar-refractivity contribution in [2.75, 3.05) is 0 Å². The zero-order chi connectivity index (χ0) is 33.0.